The molecule has 2 amide bonds. The van der Waals surface area contributed by atoms with Crippen molar-refractivity contribution in [3.8, 4) is 11.4 Å². The van der Waals surface area contributed by atoms with E-state index in [0.29, 0.717) is 23.7 Å². The minimum Gasteiger partial charge on any atom is -0.497 e. The second-order valence-electron chi connectivity index (χ2n) is 10.1. The number of amides is 2. The van der Waals surface area contributed by atoms with E-state index in [1.807, 2.05) is 37.3 Å². The quantitative estimate of drug-likeness (QED) is 0.367. The van der Waals surface area contributed by atoms with E-state index in [1.54, 1.807) is 41.0 Å². The summed E-state index contributed by atoms with van der Waals surface area (Å²) in [5.41, 5.74) is 3.12. The van der Waals surface area contributed by atoms with Gasteiger partial charge in [-0.3, -0.25) is 9.59 Å². The van der Waals surface area contributed by atoms with E-state index in [0.717, 1.165) is 36.2 Å². The van der Waals surface area contributed by atoms with Gasteiger partial charge in [-0.05, 0) is 43.2 Å². The predicted molar refractivity (Wildman–Crippen MR) is 144 cm³/mol. The zero-order chi connectivity index (χ0) is 26.3. The van der Waals surface area contributed by atoms with Crippen LogP contribution in [0.5, 0.6) is 5.75 Å². The standard InChI is InChI=1S/C29H38N4O3/c1-7-8-11-17-32(28(35)22-14-12-15-23(18-22)36-6)20-27(34)30-26-19-25(29(3,4)5)31-33(26)24-16-10-9-13-21(24)2/h9-10,12-16,18-19H,7-8,11,17,20H2,1-6H3,(H,30,34). The van der Waals surface area contributed by atoms with E-state index in [-0.39, 0.29) is 23.8 Å². The van der Waals surface area contributed by atoms with Crippen LogP contribution in [0.25, 0.3) is 5.69 Å². The molecule has 0 aliphatic rings. The Morgan fingerprint density at radius 1 is 1.06 bits per heavy atom. The van der Waals surface area contributed by atoms with Gasteiger partial charge in [-0.25, -0.2) is 4.68 Å². The summed E-state index contributed by atoms with van der Waals surface area (Å²) in [6, 6.07) is 16.9. The molecule has 0 aliphatic heterocycles. The number of nitrogens with one attached hydrogen (secondary N) is 1. The Morgan fingerprint density at radius 3 is 2.47 bits per heavy atom. The van der Waals surface area contributed by atoms with Crippen molar-refractivity contribution in [3.05, 3.63) is 71.4 Å². The second-order valence-corrected chi connectivity index (χ2v) is 10.1. The van der Waals surface area contributed by atoms with Crippen LogP contribution in [0.1, 0.15) is 68.6 Å². The summed E-state index contributed by atoms with van der Waals surface area (Å²) in [5.74, 6) is 0.734. The predicted octanol–water partition coefficient (Wildman–Crippen LogP) is 5.76. The van der Waals surface area contributed by atoms with Crippen molar-refractivity contribution in [3.63, 3.8) is 0 Å². The van der Waals surface area contributed by atoms with Gasteiger partial charge in [-0.2, -0.15) is 5.10 Å². The lowest BCUT2D eigenvalue weighted by Crippen LogP contribution is -2.39. The molecular formula is C29H38N4O3. The molecule has 0 bridgehead atoms. The number of nitrogens with zero attached hydrogens (tertiary/aromatic N) is 3. The molecule has 0 unspecified atom stereocenters. The summed E-state index contributed by atoms with van der Waals surface area (Å²) in [7, 11) is 1.57. The summed E-state index contributed by atoms with van der Waals surface area (Å²) in [6.07, 6.45) is 2.84. The van der Waals surface area contributed by atoms with Crippen molar-refractivity contribution in [2.45, 2.75) is 59.3 Å². The molecule has 0 atom stereocenters. The molecule has 7 heteroatoms. The van der Waals surface area contributed by atoms with Gasteiger partial charge in [0.25, 0.3) is 5.91 Å². The maximum absolute atomic E-state index is 13.3. The summed E-state index contributed by atoms with van der Waals surface area (Å²) in [5, 5.41) is 7.84. The highest BCUT2D eigenvalue weighted by molar-refractivity contribution is 5.99. The van der Waals surface area contributed by atoms with Gasteiger partial charge in [0.2, 0.25) is 5.91 Å². The van der Waals surface area contributed by atoms with E-state index in [9.17, 15) is 9.59 Å². The minimum absolute atomic E-state index is 0.0520. The summed E-state index contributed by atoms with van der Waals surface area (Å²) in [6.45, 7) is 10.8. The van der Waals surface area contributed by atoms with Crippen molar-refractivity contribution in [1.82, 2.24) is 14.7 Å². The molecule has 1 heterocycles. The number of anilines is 1. The molecule has 192 valence electrons. The van der Waals surface area contributed by atoms with E-state index in [4.69, 9.17) is 9.84 Å². The number of carbonyl (C=O) groups is 2. The van der Waals surface area contributed by atoms with Crippen LogP contribution in [0.3, 0.4) is 0 Å². The van der Waals surface area contributed by atoms with Crippen molar-refractivity contribution in [2.75, 3.05) is 25.5 Å². The highest BCUT2D eigenvalue weighted by Crippen LogP contribution is 2.27. The molecule has 0 saturated carbocycles. The van der Waals surface area contributed by atoms with Crippen LogP contribution >= 0.6 is 0 Å². The first kappa shape index (κ1) is 27.0. The molecular weight excluding hydrogens is 452 g/mol. The Balaban J connectivity index is 1.87. The first-order valence-corrected chi connectivity index (χ1v) is 12.5. The lowest BCUT2D eigenvalue weighted by molar-refractivity contribution is -0.117. The van der Waals surface area contributed by atoms with Crippen molar-refractivity contribution >= 4 is 17.6 Å². The van der Waals surface area contributed by atoms with Crippen LogP contribution in [0.4, 0.5) is 5.82 Å². The Labute approximate surface area is 214 Å². The van der Waals surface area contributed by atoms with E-state index in [1.165, 1.54) is 0 Å². The van der Waals surface area contributed by atoms with Crippen LogP contribution in [0.15, 0.2) is 54.6 Å². The van der Waals surface area contributed by atoms with Crippen LogP contribution < -0.4 is 10.1 Å². The smallest absolute Gasteiger partial charge is 0.254 e. The van der Waals surface area contributed by atoms with Crippen LogP contribution in [-0.2, 0) is 10.2 Å². The molecule has 3 aromatic rings. The van der Waals surface area contributed by atoms with Gasteiger partial charge in [0.05, 0.1) is 18.5 Å². The number of benzene rings is 2. The Hall–Kier alpha value is -3.61. The van der Waals surface area contributed by atoms with Gasteiger partial charge in [-0.15, -0.1) is 0 Å². The first-order chi connectivity index (χ1) is 17.1. The Kier molecular flexibility index (Phi) is 8.91. The summed E-state index contributed by atoms with van der Waals surface area (Å²) < 4.78 is 7.06. The zero-order valence-electron chi connectivity index (χ0n) is 22.3. The van der Waals surface area contributed by atoms with Crippen molar-refractivity contribution in [1.29, 1.82) is 0 Å². The maximum Gasteiger partial charge on any atom is 0.254 e. The average Bonchev–Trinajstić information content (AvgIpc) is 3.27. The Bertz CT molecular complexity index is 1190. The monoisotopic (exact) mass is 490 g/mol. The number of carbonyl (C=O) groups excluding carboxylic acids is 2. The lowest BCUT2D eigenvalue weighted by atomic mass is 9.92. The van der Waals surface area contributed by atoms with E-state index >= 15 is 0 Å². The van der Waals surface area contributed by atoms with Gasteiger partial charge in [0, 0.05) is 23.6 Å². The number of aromatic nitrogens is 2. The van der Waals surface area contributed by atoms with E-state index in [2.05, 4.69) is 33.0 Å². The van der Waals surface area contributed by atoms with Gasteiger partial charge in [0.1, 0.15) is 18.1 Å². The molecule has 0 fully saturated rings. The second kappa shape index (κ2) is 11.9. The number of hydrogen-bond donors (Lipinski definition) is 1. The first-order valence-electron chi connectivity index (χ1n) is 12.5. The third-order valence-electron chi connectivity index (χ3n) is 6.06. The van der Waals surface area contributed by atoms with Crippen LogP contribution in [-0.4, -0.2) is 46.7 Å². The molecule has 1 aromatic heterocycles. The fourth-order valence-electron chi connectivity index (χ4n) is 3.92. The fourth-order valence-corrected chi connectivity index (χ4v) is 3.92. The third kappa shape index (κ3) is 6.74. The average molecular weight is 491 g/mol. The number of para-hydroxylation sites is 1. The normalized spacial score (nSPS) is 11.3. The maximum atomic E-state index is 13.3. The molecule has 3 rings (SSSR count). The number of rotatable bonds is 10. The van der Waals surface area contributed by atoms with Crippen LogP contribution in [0, 0.1) is 6.92 Å². The molecule has 1 N–H and O–H groups in total. The molecule has 0 saturated heterocycles. The fraction of sp³-hybridized carbons (Fsp3) is 0.414. The molecule has 0 radical (unpaired) electrons. The number of hydrogen-bond acceptors (Lipinski definition) is 4. The summed E-state index contributed by atoms with van der Waals surface area (Å²) in [4.78, 5) is 28.2. The Morgan fingerprint density at radius 2 is 1.81 bits per heavy atom. The largest absolute Gasteiger partial charge is 0.497 e. The molecule has 2 aromatic carbocycles. The number of unbranched alkanes of at least 4 members (excludes halogenated alkanes) is 2. The van der Waals surface area contributed by atoms with E-state index < -0.39 is 0 Å². The molecule has 36 heavy (non-hydrogen) atoms. The SMILES string of the molecule is CCCCCN(CC(=O)Nc1cc(C(C)(C)C)nn1-c1ccccc1C)C(=O)c1cccc(OC)c1. The van der Waals surface area contributed by atoms with Gasteiger partial charge >= 0.3 is 0 Å². The van der Waals surface area contributed by atoms with Crippen LogP contribution in [0.2, 0.25) is 0 Å². The highest BCUT2D eigenvalue weighted by Gasteiger charge is 2.24. The zero-order valence-corrected chi connectivity index (χ0v) is 22.3. The topological polar surface area (TPSA) is 76.5 Å². The molecule has 0 aliphatic carbocycles. The highest BCUT2D eigenvalue weighted by atomic mass is 16.5. The number of aryl methyl sites for hydroxylation is 1. The summed E-state index contributed by atoms with van der Waals surface area (Å²) >= 11 is 0. The molecule has 7 nitrogen and oxygen atoms in total. The van der Waals surface area contributed by atoms with Gasteiger partial charge in [0.15, 0.2) is 0 Å². The minimum atomic E-state index is -0.266. The lowest BCUT2D eigenvalue weighted by Gasteiger charge is -2.22. The van der Waals surface area contributed by atoms with Crippen molar-refractivity contribution in [2.24, 2.45) is 0 Å². The van der Waals surface area contributed by atoms with Gasteiger partial charge < -0.3 is 15.0 Å². The third-order valence-corrected chi connectivity index (χ3v) is 6.06. The number of methoxy groups -OCH3 is 1. The van der Waals surface area contributed by atoms with Crippen molar-refractivity contribution < 1.29 is 14.3 Å². The van der Waals surface area contributed by atoms with Gasteiger partial charge in [-0.1, -0.05) is 64.8 Å². The number of ether oxygens (including phenoxy) is 1. The molecule has 0 spiro atoms.